The van der Waals surface area contributed by atoms with Gasteiger partial charge >= 0.3 is 0 Å². The summed E-state index contributed by atoms with van der Waals surface area (Å²) in [5.41, 5.74) is 0.826. The van der Waals surface area contributed by atoms with E-state index >= 15 is 0 Å². The number of fused-ring (bicyclic) bond motifs is 1. The fourth-order valence-electron chi connectivity index (χ4n) is 1.60. The fourth-order valence-corrected chi connectivity index (χ4v) is 1.79. The average Bonchev–Trinajstić information content (AvgIpc) is 2.96. The minimum absolute atomic E-state index is 0.257. The fraction of sp³-hybridized carbons (Fsp3) is 0.273. The minimum Gasteiger partial charge on any atom is -0.454 e. The number of thiol groups is 1. The van der Waals surface area contributed by atoms with Crippen molar-refractivity contribution in [2.45, 2.75) is 6.42 Å². The van der Waals surface area contributed by atoms with Crippen LogP contribution in [0.4, 0.5) is 0 Å². The van der Waals surface area contributed by atoms with Gasteiger partial charge in [-0.1, -0.05) is 0 Å². The lowest BCUT2D eigenvalue weighted by Crippen LogP contribution is -1.92. The van der Waals surface area contributed by atoms with Gasteiger partial charge in [-0.05, 0) is 24.0 Å². The number of hydrogen-bond acceptors (Lipinski definition) is 6. The van der Waals surface area contributed by atoms with Crippen LogP contribution in [0.15, 0.2) is 22.6 Å². The van der Waals surface area contributed by atoms with E-state index in [4.69, 9.17) is 13.9 Å². The molecular formula is C11H10N2O3S. The van der Waals surface area contributed by atoms with Gasteiger partial charge in [-0.3, -0.25) is 0 Å². The molecule has 0 fully saturated rings. The van der Waals surface area contributed by atoms with E-state index in [1.807, 2.05) is 18.2 Å². The molecule has 0 saturated carbocycles. The molecule has 3 rings (SSSR count). The molecule has 1 aromatic carbocycles. The summed E-state index contributed by atoms with van der Waals surface area (Å²) < 4.78 is 16.0. The van der Waals surface area contributed by atoms with Crippen LogP contribution in [0.3, 0.4) is 0 Å². The molecule has 0 aliphatic carbocycles. The van der Waals surface area contributed by atoms with Gasteiger partial charge in [0.05, 0.1) is 0 Å². The normalized spacial score (nSPS) is 13.0. The SMILES string of the molecule is SCCc1nnc(-c2ccc3c(c2)OCO3)o1. The third-order valence-electron chi connectivity index (χ3n) is 2.41. The third kappa shape index (κ3) is 1.95. The Labute approximate surface area is 103 Å². The smallest absolute Gasteiger partial charge is 0.247 e. The molecule has 2 aromatic rings. The van der Waals surface area contributed by atoms with Crippen LogP contribution in [0.1, 0.15) is 5.89 Å². The maximum Gasteiger partial charge on any atom is 0.247 e. The lowest BCUT2D eigenvalue weighted by Gasteiger charge is -1.97. The second kappa shape index (κ2) is 4.29. The monoisotopic (exact) mass is 250 g/mol. The van der Waals surface area contributed by atoms with Gasteiger partial charge < -0.3 is 13.9 Å². The molecule has 17 heavy (non-hydrogen) atoms. The highest BCUT2D eigenvalue weighted by Crippen LogP contribution is 2.35. The summed E-state index contributed by atoms with van der Waals surface area (Å²) in [6.45, 7) is 0.257. The van der Waals surface area contributed by atoms with Crippen molar-refractivity contribution in [3.05, 3.63) is 24.1 Å². The first kappa shape index (κ1) is 10.5. The largest absolute Gasteiger partial charge is 0.454 e. The molecule has 1 aromatic heterocycles. The topological polar surface area (TPSA) is 57.4 Å². The average molecular weight is 250 g/mol. The number of rotatable bonds is 3. The van der Waals surface area contributed by atoms with E-state index in [1.54, 1.807) is 0 Å². The molecule has 5 nitrogen and oxygen atoms in total. The second-order valence-electron chi connectivity index (χ2n) is 3.54. The van der Waals surface area contributed by atoms with Gasteiger partial charge in [-0.15, -0.1) is 10.2 Å². The Morgan fingerprint density at radius 2 is 2.06 bits per heavy atom. The molecule has 0 atom stereocenters. The van der Waals surface area contributed by atoms with Gasteiger partial charge in [0.15, 0.2) is 11.5 Å². The molecule has 2 heterocycles. The Morgan fingerprint density at radius 1 is 1.18 bits per heavy atom. The number of aromatic nitrogens is 2. The number of nitrogens with zero attached hydrogens (tertiary/aromatic N) is 2. The van der Waals surface area contributed by atoms with Crippen molar-refractivity contribution < 1.29 is 13.9 Å². The highest BCUT2D eigenvalue weighted by atomic mass is 32.1. The van der Waals surface area contributed by atoms with Crippen molar-refractivity contribution in [3.63, 3.8) is 0 Å². The Balaban J connectivity index is 1.92. The van der Waals surface area contributed by atoms with E-state index in [1.165, 1.54) is 0 Å². The third-order valence-corrected chi connectivity index (χ3v) is 2.64. The van der Waals surface area contributed by atoms with Crippen molar-refractivity contribution in [2.75, 3.05) is 12.5 Å². The molecule has 0 amide bonds. The molecule has 6 heteroatoms. The van der Waals surface area contributed by atoms with Gasteiger partial charge in [-0.25, -0.2) is 0 Å². The molecule has 0 saturated heterocycles. The Bertz CT molecular complexity index is 541. The van der Waals surface area contributed by atoms with Gasteiger partial charge in [0.25, 0.3) is 0 Å². The maximum absolute atomic E-state index is 5.50. The summed E-state index contributed by atoms with van der Waals surface area (Å²) in [5, 5.41) is 7.92. The Morgan fingerprint density at radius 3 is 2.94 bits per heavy atom. The van der Waals surface area contributed by atoms with Crippen LogP contribution < -0.4 is 9.47 Å². The van der Waals surface area contributed by atoms with E-state index in [0.29, 0.717) is 29.7 Å². The number of aryl methyl sites for hydroxylation is 1. The number of benzene rings is 1. The van der Waals surface area contributed by atoms with Crippen LogP contribution in [0.5, 0.6) is 11.5 Å². The highest BCUT2D eigenvalue weighted by Gasteiger charge is 2.16. The number of hydrogen-bond donors (Lipinski definition) is 1. The summed E-state index contributed by atoms with van der Waals surface area (Å²) >= 11 is 4.12. The van der Waals surface area contributed by atoms with Crippen LogP contribution in [-0.2, 0) is 6.42 Å². The molecular weight excluding hydrogens is 240 g/mol. The summed E-state index contributed by atoms with van der Waals surface area (Å²) in [6, 6.07) is 5.53. The predicted molar refractivity (Wildman–Crippen MR) is 63.4 cm³/mol. The molecule has 1 aliphatic rings. The number of ether oxygens (including phenoxy) is 2. The molecule has 0 radical (unpaired) electrons. The highest BCUT2D eigenvalue weighted by molar-refractivity contribution is 7.80. The molecule has 0 N–H and O–H groups in total. The Hall–Kier alpha value is -1.69. The van der Waals surface area contributed by atoms with Crippen LogP contribution >= 0.6 is 12.6 Å². The first-order chi connectivity index (χ1) is 8.36. The zero-order valence-electron chi connectivity index (χ0n) is 8.92. The molecule has 1 aliphatic heterocycles. The molecule has 88 valence electrons. The van der Waals surface area contributed by atoms with Gasteiger partial charge in [0.2, 0.25) is 18.6 Å². The van der Waals surface area contributed by atoms with Crippen molar-refractivity contribution in [2.24, 2.45) is 0 Å². The maximum atomic E-state index is 5.50. The Kier molecular flexibility index (Phi) is 2.64. The predicted octanol–water partition coefficient (Wildman–Crippen LogP) is 1.94. The van der Waals surface area contributed by atoms with E-state index < -0.39 is 0 Å². The van der Waals surface area contributed by atoms with Crippen LogP contribution in [0.2, 0.25) is 0 Å². The van der Waals surface area contributed by atoms with Crippen LogP contribution in [0, 0.1) is 0 Å². The van der Waals surface area contributed by atoms with Crippen LogP contribution in [0.25, 0.3) is 11.5 Å². The minimum atomic E-state index is 0.257. The van der Waals surface area contributed by atoms with E-state index in [2.05, 4.69) is 22.8 Å². The lowest BCUT2D eigenvalue weighted by atomic mass is 10.2. The molecule has 0 spiro atoms. The van der Waals surface area contributed by atoms with Crippen molar-refractivity contribution in [1.82, 2.24) is 10.2 Å². The van der Waals surface area contributed by atoms with E-state index in [9.17, 15) is 0 Å². The quantitative estimate of drug-likeness (QED) is 0.844. The van der Waals surface area contributed by atoms with Crippen molar-refractivity contribution in [3.8, 4) is 23.0 Å². The second-order valence-corrected chi connectivity index (χ2v) is 3.99. The zero-order valence-corrected chi connectivity index (χ0v) is 9.81. The van der Waals surface area contributed by atoms with Gasteiger partial charge in [0.1, 0.15) is 0 Å². The summed E-state index contributed by atoms with van der Waals surface area (Å²) in [7, 11) is 0. The zero-order chi connectivity index (χ0) is 11.7. The van der Waals surface area contributed by atoms with E-state index in [0.717, 1.165) is 11.3 Å². The first-order valence-corrected chi connectivity index (χ1v) is 5.83. The van der Waals surface area contributed by atoms with Gasteiger partial charge in [0, 0.05) is 12.0 Å². The van der Waals surface area contributed by atoms with Crippen LogP contribution in [-0.4, -0.2) is 22.7 Å². The van der Waals surface area contributed by atoms with Crippen molar-refractivity contribution in [1.29, 1.82) is 0 Å². The summed E-state index contributed by atoms with van der Waals surface area (Å²) in [5.74, 6) is 3.20. The van der Waals surface area contributed by atoms with E-state index in [-0.39, 0.29) is 6.79 Å². The molecule has 0 bridgehead atoms. The summed E-state index contributed by atoms with van der Waals surface area (Å²) in [6.07, 6.45) is 0.667. The van der Waals surface area contributed by atoms with Gasteiger partial charge in [-0.2, -0.15) is 12.6 Å². The first-order valence-electron chi connectivity index (χ1n) is 5.20. The molecule has 0 unspecified atom stereocenters. The standard InChI is InChI=1S/C11H10N2O3S/c17-4-3-10-12-13-11(16-10)7-1-2-8-9(5-7)15-6-14-8/h1-2,5,17H,3-4,6H2. The van der Waals surface area contributed by atoms with Crippen molar-refractivity contribution >= 4 is 12.6 Å². The summed E-state index contributed by atoms with van der Waals surface area (Å²) in [4.78, 5) is 0. The lowest BCUT2D eigenvalue weighted by molar-refractivity contribution is 0.174.